The molecule has 1 aromatic rings. The fraction of sp³-hybridized carbons (Fsp3) is 0.556. The number of likely N-dealkylation sites (tertiary alicyclic amines) is 1. The average molecular weight is 346 g/mol. The number of nitrogens with zero attached hydrogens (tertiary/aromatic N) is 1. The molecule has 7 heteroatoms. The molecule has 1 N–H and O–H groups in total. The van der Waals surface area contributed by atoms with Crippen molar-refractivity contribution in [2.75, 3.05) is 31.8 Å². The molecule has 7 nitrogen and oxygen atoms in total. The number of hydrogen-bond donors (Lipinski definition) is 1. The van der Waals surface area contributed by atoms with Crippen LogP contribution < -0.4 is 14.8 Å². The maximum absolute atomic E-state index is 12.5. The molecule has 4 rings (SSSR count). The molecule has 25 heavy (non-hydrogen) atoms. The Kier molecular flexibility index (Phi) is 4.48. The van der Waals surface area contributed by atoms with E-state index in [9.17, 15) is 9.59 Å². The summed E-state index contributed by atoms with van der Waals surface area (Å²) in [4.78, 5) is 26.7. The highest BCUT2D eigenvalue weighted by Gasteiger charge is 2.32. The molecule has 0 saturated carbocycles. The van der Waals surface area contributed by atoms with Gasteiger partial charge in [-0.2, -0.15) is 0 Å². The van der Waals surface area contributed by atoms with E-state index in [1.165, 1.54) is 0 Å². The van der Waals surface area contributed by atoms with Crippen molar-refractivity contribution in [3.05, 3.63) is 18.2 Å². The Bertz CT molecular complexity index is 663. The monoisotopic (exact) mass is 346 g/mol. The Morgan fingerprint density at radius 1 is 1.08 bits per heavy atom. The average Bonchev–Trinajstić information content (AvgIpc) is 3.32. The lowest BCUT2D eigenvalue weighted by atomic mass is 9.95. The van der Waals surface area contributed by atoms with Crippen molar-refractivity contribution in [2.45, 2.75) is 31.8 Å². The number of anilines is 1. The fourth-order valence-electron chi connectivity index (χ4n) is 3.56. The van der Waals surface area contributed by atoms with Crippen molar-refractivity contribution in [1.82, 2.24) is 4.90 Å². The summed E-state index contributed by atoms with van der Waals surface area (Å²) in [5.41, 5.74) is 0.701. The molecule has 0 spiro atoms. The van der Waals surface area contributed by atoms with Crippen LogP contribution in [0.4, 0.5) is 5.69 Å². The highest BCUT2D eigenvalue weighted by atomic mass is 16.7. The van der Waals surface area contributed by atoms with Crippen molar-refractivity contribution in [3.8, 4) is 11.5 Å². The number of piperidine rings is 1. The van der Waals surface area contributed by atoms with Gasteiger partial charge in [0, 0.05) is 37.4 Å². The summed E-state index contributed by atoms with van der Waals surface area (Å²) < 4.78 is 16.1. The van der Waals surface area contributed by atoms with Crippen LogP contribution in [0.1, 0.15) is 25.7 Å². The number of carbonyl (C=O) groups is 2. The van der Waals surface area contributed by atoms with E-state index < -0.39 is 0 Å². The highest BCUT2D eigenvalue weighted by molar-refractivity contribution is 5.93. The van der Waals surface area contributed by atoms with Crippen LogP contribution in [0.15, 0.2) is 18.2 Å². The zero-order chi connectivity index (χ0) is 17.2. The van der Waals surface area contributed by atoms with Crippen LogP contribution in [0, 0.1) is 5.92 Å². The maximum Gasteiger partial charge on any atom is 0.251 e. The zero-order valence-electron chi connectivity index (χ0n) is 14.0. The molecule has 2 saturated heterocycles. The summed E-state index contributed by atoms with van der Waals surface area (Å²) in [6.07, 6.45) is 2.83. The molecule has 0 radical (unpaired) electrons. The minimum absolute atomic E-state index is 0.0110. The second-order valence-electron chi connectivity index (χ2n) is 6.66. The Morgan fingerprint density at radius 3 is 2.64 bits per heavy atom. The molecule has 3 aliphatic rings. The van der Waals surface area contributed by atoms with E-state index in [0.29, 0.717) is 49.7 Å². The Labute approximate surface area is 146 Å². The van der Waals surface area contributed by atoms with Gasteiger partial charge in [-0.25, -0.2) is 0 Å². The van der Waals surface area contributed by atoms with Gasteiger partial charge in [0.05, 0.1) is 0 Å². The Balaban J connectivity index is 1.30. The molecular weight excluding hydrogens is 324 g/mol. The van der Waals surface area contributed by atoms with Crippen LogP contribution in [-0.2, 0) is 14.3 Å². The standard InChI is InChI=1S/C18H22N2O5/c21-17(19-13-3-4-14-16(10-13)25-11-24-14)12-5-7-20(8-6-12)18(22)15-2-1-9-23-15/h3-4,10,12,15H,1-2,5-9,11H2,(H,19,21)/t15-/m1/s1. The smallest absolute Gasteiger partial charge is 0.251 e. The van der Waals surface area contributed by atoms with Gasteiger partial charge in [-0.3, -0.25) is 9.59 Å². The van der Waals surface area contributed by atoms with Crippen LogP contribution >= 0.6 is 0 Å². The molecule has 0 aromatic heterocycles. The van der Waals surface area contributed by atoms with Gasteiger partial charge in [0.25, 0.3) is 5.91 Å². The van der Waals surface area contributed by atoms with E-state index >= 15 is 0 Å². The predicted molar refractivity (Wildman–Crippen MR) is 89.5 cm³/mol. The largest absolute Gasteiger partial charge is 0.454 e. The number of ether oxygens (including phenoxy) is 3. The van der Waals surface area contributed by atoms with Gasteiger partial charge < -0.3 is 24.4 Å². The summed E-state index contributed by atoms with van der Waals surface area (Å²) in [7, 11) is 0. The van der Waals surface area contributed by atoms with E-state index in [1.807, 2.05) is 11.0 Å². The minimum Gasteiger partial charge on any atom is -0.454 e. The third-order valence-electron chi connectivity index (χ3n) is 5.02. The summed E-state index contributed by atoms with van der Waals surface area (Å²) >= 11 is 0. The van der Waals surface area contributed by atoms with Crippen molar-refractivity contribution in [1.29, 1.82) is 0 Å². The molecule has 2 amide bonds. The molecule has 0 aliphatic carbocycles. The number of hydrogen-bond acceptors (Lipinski definition) is 5. The second-order valence-corrected chi connectivity index (χ2v) is 6.66. The van der Waals surface area contributed by atoms with Crippen LogP contribution in [0.5, 0.6) is 11.5 Å². The third-order valence-corrected chi connectivity index (χ3v) is 5.02. The number of rotatable bonds is 3. The number of nitrogens with one attached hydrogen (secondary N) is 1. The summed E-state index contributed by atoms with van der Waals surface area (Å²) in [6, 6.07) is 5.37. The normalized spacial score (nSPS) is 22.9. The number of amides is 2. The molecule has 134 valence electrons. The van der Waals surface area contributed by atoms with Crippen molar-refractivity contribution in [2.24, 2.45) is 5.92 Å². The molecular formula is C18H22N2O5. The lowest BCUT2D eigenvalue weighted by Crippen LogP contribution is -2.45. The van der Waals surface area contributed by atoms with E-state index in [2.05, 4.69) is 5.32 Å². The number of fused-ring (bicyclic) bond motifs is 1. The van der Waals surface area contributed by atoms with Gasteiger partial charge >= 0.3 is 0 Å². The summed E-state index contributed by atoms with van der Waals surface area (Å²) in [6.45, 7) is 2.10. The fourth-order valence-corrected chi connectivity index (χ4v) is 3.56. The predicted octanol–water partition coefficient (Wildman–Crippen LogP) is 1.77. The van der Waals surface area contributed by atoms with Gasteiger partial charge in [0.1, 0.15) is 6.10 Å². The topological polar surface area (TPSA) is 77.1 Å². The van der Waals surface area contributed by atoms with E-state index in [0.717, 1.165) is 12.8 Å². The molecule has 2 fully saturated rings. The molecule has 1 atom stereocenters. The SMILES string of the molecule is O=C(Nc1ccc2c(c1)OCO2)C1CCN(C(=O)[C@H]2CCCO2)CC1. The molecule has 1 aromatic carbocycles. The van der Waals surface area contributed by atoms with Gasteiger partial charge in [-0.15, -0.1) is 0 Å². The maximum atomic E-state index is 12.5. The molecule has 3 aliphatic heterocycles. The van der Waals surface area contributed by atoms with E-state index in [1.54, 1.807) is 12.1 Å². The first-order valence-electron chi connectivity index (χ1n) is 8.81. The first kappa shape index (κ1) is 16.2. The Hall–Kier alpha value is -2.28. The van der Waals surface area contributed by atoms with Crippen LogP contribution in [-0.4, -0.2) is 49.3 Å². The minimum atomic E-state index is -0.279. The van der Waals surface area contributed by atoms with E-state index in [-0.39, 0.29) is 30.6 Å². The summed E-state index contributed by atoms with van der Waals surface area (Å²) in [5.74, 6) is 1.32. The molecule has 0 unspecified atom stereocenters. The quantitative estimate of drug-likeness (QED) is 0.903. The number of benzene rings is 1. The van der Waals surface area contributed by atoms with E-state index in [4.69, 9.17) is 14.2 Å². The highest BCUT2D eigenvalue weighted by Crippen LogP contribution is 2.34. The Morgan fingerprint density at radius 2 is 1.88 bits per heavy atom. The van der Waals surface area contributed by atoms with Crippen molar-refractivity contribution < 1.29 is 23.8 Å². The van der Waals surface area contributed by atoms with Gasteiger partial charge in [-0.1, -0.05) is 0 Å². The number of carbonyl (C=O) groups excluding carboxylic acids is 2. The van der Waals surface area contributed by atoms with Crippen molar-refractivity contribution >= 4 is 17.5 Å². The molecule has 0 bridgehead atoms. The lowest BCUT2D eigenvalue weighted by Gasteiger charge is -2.32. The first-order valence-corrected chi connectivity index (χ1v) is 8.81. The lowest BCUT2D eigenvalue weighted by molar-refractivity contribution is -0.143. The van der Waals surface area contributed by atoms with Crippen molar-refractivity contribution in [3.63, 3.8) is 0 Å². The molecule has 3 heterocycles. The second kappa shape index (κ2) is 6.92. The van der Waals surface area contributed by atoms with Gasteiger partial charge in [0.2, 0.25) is 12.7 Å². The van der Waals surface area contributed by atoms with Gasteiger partial charge in [0.15, 0.2) is 11.5 Å². The van der Waals surface area contributed by atoms with Gasteiger partial charge in [-0.05, 0) is 37.8 Å². The van der Waals surface area contributed by atoms with Crippen LogP contribution in [0.2, 0.25) is 0 Å². The first-order chi connectivity index (χ1) is 12.2. The third kappa shape index (κ3) is 3.42. The summed E-state index contributed by atoms with van der Waals surface area (Å²) in [5, 5.41) is 2.94. The van der Waals surface area contributed by atoms with Crippen LogP contribution in [0.3, 0.4) is 0 Å². The zero-order valence-corrected chi connectivity index (χ0v) is 14.0. The van der Waals surface area contributed by atoms with Crippen LogP contribution in [0.25, 0.3) is 0 Å².